The van der Waals surface area contributed by atoms with Crippen molar-refractivity contribution < 1.29 is 4.79 Å². The summed E-state index contributed by atoms with van der Waals surface area (Å²) < 4.78 is 1.79. The number of hydrogen-bond donors (Lipinski definition) is 4. The maximum Gasteiger partial charge on any atom is 0.258 e. The topological polar surface area (TPSA) is 104 Å². The van der Waals surface area contributed by atoms with Crippen LogP contribution in [0.2, 0.25) is 0 Å². The molecule has 0 atom stereocenters. The summed E-state index contributed by atoms with van der Waals surface area (Å²) in [4.78, 5) is 29.9. The molecule has 0 radical (unpaired) electrons. The second-order valence-electron chi connectivity index (χ2n) is 9.71. The number of rotatable bonds is 11. The van der Waals surface area contributed by atoms with E-state index in [2.05, 4.69) is 40.8 Å². The molecule has 0 saturated heterocycles. The SMILES string of the molecule is CCN(CC)CCNC(=O)c1cc(-c2ccccc2)c(=O)n2c1-c1sccc1CC2.CCNC(C)(N)NCC.Cl. The number of nitrogens with two attached hydrogens (primary N) is 1. The molecule has 0 bridgehead atoms. The zero-order chi connectivity index (χ0) is 28.4. The van der Waals surface area contributed by atoms with Gasteiger partial charge in [0.2, 0.25) is 0 Å². The van der Waals surface area contributed by atoms with Crippen molar-refractivity contribution in [2.45, 2.75) is 53.4 Å². The van der Waals surface area contributed by atoms with Gasteiger partial charge in [0, 0.05) is 25.2 Å². The van der Waals surface area contributed by atoms with Gasteiger partial charge < -0.3 is 20.5 Å². The minimum absolute atomic E-state index is 0. The summed E-state index contributed by atoms with van der Waals surface area (Å²) in [6, 6.07) is 13.5. The molecule has 40 heavy (non-hydrogen) atoms. The van der Waals surface area contributed by atoms with E-state index in [-0.39, 0.29) is 23.9 Å². The Hall–Kier alpha value is -2.53. The Morgan fingerprint density at radius 3 is 2.33 bits per heavy atom. The van der Waals surface area contributed by atoms with Crippen molar-refractivity contribution in [3.63, 3.8) is 0 Å². The van der Waals surface area contributed by atoms with Gasteiger partial charge >= 0.3 is 0 Å². The van der Waals surface area contributed by atoms with Crippen LogP contribution in [0.25, 0.3) is 21.7 Å². The summed E-state index contributed by atoms with van der Waals surface area (Å²) >= 11 is 1.60. The Labute approximate surface area is 248 Å². The van der Waals surface area contributed by atoms with E-state index in [4.69, 9.17) is 5.73 Å². The van der Waals surface area contributed by atoms with E-state index in [1.54, 1.807) is 22.0 Å². The predicted octanol–water partition coefficient (Wildman–Crippen LogP) is 4.13. The van der Waals surface area contributed by atoms with Gasteiger partial charge in [0.1, 0.15) is 5.79 Å². The third kappa shape index (κ3) is 8.49. The molecule has 3 aromatic rings. The average Bonchev–Trinajstić information content (AvgIpc) is 3.41. The summed E-state index contributed by atoms with van der Waals surface area (Å²) in [5.74, 6) is -0.520. The summed E-state index contributed by atoms with van der Waals surface area (Å²) in [5, 5.41) is 11.3. The van der Waals surface area contributed by atoms with Gasteiger partial charge in [0.15, 0.2) is 0 Å². The van der Waals surface area contributed by atoms with Crippen LogP contribution in [0.5, 0.6) is 0 Å². The van der Waals surface area contributed by atoms with Crippen LogP contribution in [0.1, 0.15) is 50.5 Å². The van der Waals surface area contributed by atoms with Gasteiger partial charge in [-0.15, -0.1) is 23.7 Å². The maximum absolute atomic E-state index is 13.3. The molecule has 1 aliphatic rings. The Morgan fingerprint density at radius 2 is 1.73 bits per heavy atom. The third-order valence-corrected chi connectivity index (χ3v) is 7.84. The van der Waals surface area contributed by atoms with Gasteiger partial charge in [-0.3, -0.25) is 20.2 Å². The van der Waals surface area contributed by atoms with Crippen LogP contribution < -0.4 is 27.2 Å². The smallest absolute Gasteiger partial charge is 0.258 e. The normalized spacial score (nSPS) is 12.1. The van der Waals surface area contributed by atoms with Crippen LogP contribution in [0.3, 0.4) is 0 Å². The first kappa shape index (κ1) is 33.7. The highest BCUT2D eigenvalue weighted by molar-refractivity contribution is 7.13. The maximum atomic E-state index is 13.3. The Bertz CT molecular complexity index is 1260. The minimum atomic E-state index is -0.399. The zero-order valence-electron chi connectivity index (χ0n) is 24.4. The highest BCUT2D eigenvalue weighted by Crippen LogP contribution is 2.36. The number of pyridine rings is 1. The number of fused-ring (bicyclic) bond motifs is 3. The number of likely N-dealkylation sites (N-methyl/N-ethyl adjacent to an activating group) is 1. The molecular weight excluding hydrogens is 544 g/mol. The summed E-state index contributed by atoms with van der Waals surface area (Å²) in [7, 11) is 0. The van der Waals surface area contributed by atoms with Gasteiger partial charge in [-0.25, -0.2) is 0 Å². The molecule has 220 valence electrons. The first-order chi connectivity index (χ1) is 18.8. The molecule has 1 amide bonds. The van der Waals surface area contributed by atoms with Crippen LogP contribution in [0.15, 0.2) is 52.6 Å². The largest absolute Gasteiger partial charge is 0.351 e. The molecule has 3 heterocycles. The number of aryl methyl sites for hydroxylation is 1. The minimum Gasteiger partial charge on any atom is -0.351 e. The van der Waals surface area contributed by atoms with Gasteiger partial charge in [0.25, 0.3) is 11.5 Å². The van der Waals surface area contributed by atoms with Crippen LogP contribution in [-0.4, -0.2) is 60.4 Å². The number of nitrogens with zero attached hydrogens (tertiary/aromatic N) is 2. The number of aromatic nitrogens is 1. The standard InChI is InChI=1S/C24H27N3O2S.C6H17N3.ClH/c1-3-26(4-2)14-12-25-23(28)20-16-19(17-8-6-5-7-9-17)24(29)27-13-10-18-11-15-30-22(18)21(20)27;1-4-8-6(3,7)9-5-2;/h5-9,11,15-16H,3-4,10,12-14H2,1-2H3,(H,25,28);8-9H,4-5,7H2,1-3H3;1H. The van der Waals surface area contributed by atoms with E-state index in [1.165, 1.54) is 5.56 Å². The van der Waals surface area contributed by atoms with E-state index < -0.39 is 5.79 Å². The summed E-state index contributed by atoms with van der Waals surface area (Å²) in [5.41, 5.74) is 9.65. The third-order valence-electron chi connectivity index (χ3n) is 6.88. The van der Waals surface area contributed by atoms with E-state index in [0.717, 1.165) is 55.3 Å². The molecule has 0 saturated carbocycles. The molecule has 4 rings (SSSR count). The molecule has 0 spiro atoms. The van der Waals surface area contributed by atoms with Gasteiger partial charge in [-0.1, -0.05) is 58.0 Å². The van der Waals surface area contributed by atoms with Crippen LogP contribution in [0.4, 0.5) is 0 Å². The van der Waals surface area contributed by atoms with Crippen molar-refractivity contribution in [2.24, 2.45) is 5.73 Å². The number of nitrogens with one attached hydrogen (secondary N) is 3. The average molecular weight is 589 g/mol. The van der Waals surface area contributed by atoms with Crippen molar-refractivity contribution in [1.29, 1.82) is 0 Å². The van der Waals surface area contributed by atoms with Crippen LogP contribution >= 0.6 is 23.7 Å². The van der Waals surface area contributed by atoms with Crippen molar-refractivity contribution in [2.75, 3.05) is 39.3 Å². The monoisotopic (exact) mass is 588 g/mol. The lowest BCUT2D eigenvalue weighted by atomic mass is 9.98. The molecule has 2 aromatic heterocycles. The fraction of sp³-hybridized carbons (Fsp3) is 0.467. The fourth-order valence-corrected chi connectivity index (χ4v) is 5.88. The van der Waals surface area contributed by atoms with Crippen molar-refractivity contribution >= 4 is 29.7 Å². The molecule has 0 aliphatic carbocycles. The molecule has 10 heteroatoms. The predicted molar refractivity (Wildman–Crippen MR) is 170 cm³/mol. The zero-order valence-corrected chi connectivity index (χ0v) is 26.0. The highest BCUT2D eigenvalue weighted by Gasteiger charge is 2.26. The number of carbonyl (C=O) groups is 1. The second kappa shape index (κ2) is 16.0. The van der Waals surface area contributed by atoms with Crippen molar-refractivity contribution in [3.05, 3.63) is 69.3 Å². The molecule has 5 N–H and O–H groups in total. The lowest BCUT2D eigenvalue weighted by molar-refractivity contribution is 0.0949. The number of hydrogen-bond acceptors (Lipinski definition) is 7. The molecule has 1 aliphatic heterocycles. The lowest BCUT2D eigenvalue weighted by Crippen LogP contribution is -2.61. The Balaban J connectivity index is 0.000000486. The Kier molecular flexibility index (Phi) is 13.5. The van der Waals surface area contributed by atoms with E-state index in [9.17, 15) is 9.59 Å². The molecular formula is C30H45ClN6O2S. The number of thiophene rings is 1. The van der Waals surface area contributed by atoms with E-state index >= 15 is 0 Å². The van der Waals surface area contributed by atoms with Gasteiger partial charge in [-0.05, 0) is 68.2 Å². The van der Waals surface area contributed by atoms with Crippen molar-refractivity contribution in [3.8, 4) is 21.7 Å². The summed E-state index contributed by atoms with van der Waals surface area (Å²) in [6.45, 7) is 15.9. The fourth-order valence-electron chi connectivity index (χ4n) is 4.85. The summed E-state index contributed by atoms with van der Waals surface area (Å²) in [6.07, 6.45) is 0.813. The second-order valence-corrected chi connectivity index (χ2v) is 10.6. The molecule has 0 unspecified atom stereocenters. The van der Waals surface area contributed by atoms with Crippen LogP contribution in [0, 0.1) is 0 Å². The van der Waals surface area contributed by atoms with Crippen molar-refractivity contribution in [1.82, 2.24) is 25.4 Å². The number of halogens is 1. The lowest BCUT2D eigenvalue weighted by Gasteiger charge is -2.26. The first-order valence-corrected chi connectivity index (χ1v) is 14.8. The number of benzene rings is 1. The van der Waals surface area contributed by atoms with E-state index in [0.29, 0.717) is 24.2 Å². The molecule has 8 nitrogen and oxygen atoms in total. The molecule has 1 aromatic carbocycles. The molecule has 0 fully saturated rings. The number of carbonyl (C=O) groups excluding carboxylic acids is 1. The Morgan fingerprint density at radius 1 is 1.07 bits per heavy atom. The van der Waals surface area contributed by atoms with E-state index in [1.807, 2.05) is 56.5 Å². The van der Waals surface area contributed by atoms with Gasteiger partial charge in [-0.2, -0.15) is 0 Å². The first-order valence-electron chi connectivity index (χ1n) is 14.0. The van der Waals surface area contributed by atoms with Gasteiger partial charge in [0.05, 0.1) is 16.1 Å². The highest BCUT2D eigenvalue weighted by atomic mass is 35.5. The quantitative estimate of drug-likeness (QED) is 0.251. The number of amides is 1. The van der Waals surface area contributed by atoms with Crippen LogP contribution in [-0.2, 0) is 13.0 Å².